The average molecular weight is 374 g/mol. The zero-order chi connectivity index (χ0) is 19.4. The molecule has 1 aromatic heterocycles. The van der Waals surface area contributed by atoms with E-state index in [9.17, 15) is 18.0 Å². The normalized spacial score (nSPS) is 11.4. The molecule has 1 amide bonds. The van der Waals surface area contributed by atoms with Crippen molar-refractivity contribution in [1.82, 2.24) is 4.98 Å². The Balaban J connectivity index is 1.86. The number of rotatable bonds is 5. The number of hydrogen-bond acceptors (Lipinski definition) is 3. The molecule has 3 rings (SSSR count). The van der Waals surface area contributed by atoms with Crippen molar-refractivity contribution in [2.75, 3.05) is 11.9 Å². The fraction of sp³-hybridized carbons (Fsp3) is 0.200. The summed E-state index contributed by atoms with van der Waals surface area (Å²) >= 11 is 0. The number of para-hydroxylation sites is 1. The zero-order valence-electron chi connectivity index (χ0n) is 14.5. The first kappa shape index (κ1) is 18.7. The summed E-state index contributed by atoms with van der Waals surface area (Å²) in [6.45, 7) is 1.98. The van der Waals surface area contributed by atoms with Gasteiger partial charge in [0.1, 0.15) is 5.75 Å². The number of hydrogen-bond donors (Lipinski definition) is 1. The van der Waals surface area contributed by atoms with Gasteiger partial charge in [-0.3, -0.25) is 9.78 Å². The maximum atomic E-state index is 13.0. The molecular formula is C20H17F3N2O2. The lowest BCUT2D eigenvalue weighted by molar-refractivity contribution is -0.137. The minimum Gasteiger partial charge on any atom is -0.492 e. The highest BCUT2D eigenvalue weighted by Gasteiger charge is 2.31. The van der Waals surface area contributed by atoms with Crippen LogP contribution in [-0.4, -0.2) is 17.5 Å². The van der Waals surface area contributed by atoms with E-state index in [0.29, 0.717) is 11.1 Å². The van der Waals surface area contributed by atoms with Crippen LogP contribution >= 0.6 is 0 Å². The lowest BCUT2D eigenvalue weighted by Gasteiger charge is -2.15. The Hall–Kier alpha value is -3.09. The van der Waals surface area contributed by atoms with Crippen LogP contribution in [0.25, 0.3) is 10.9 Å². The average Bonchev–Trinajstić information content (AvgIpc) is 2.63. The lowest BCUT2D eigenvalue weighted by atomic mass is 10.1. The van der Waals surface area contributed by atoms with E-state index in [2.05, 4.69) is 10.3 Å². The van der Waals surface area contributed by atoms with Crippen molar-refractivity contribution in [3.05, 3.63) is 65.9 Å². The SMILES string of the molecule is CCOc1ccc(C(F)(F)F)cc1NC(=O)Cc1cccc2cccnc12. The van der Waals surface area contributed by atoms with Crippen molar-refractivity contribution in [1.29, 1.82) is 0 Å². The Labute approximate surface area is 154 Å². The van der Waals surface area contributed by atoms with E-state index in [4.69, 9.17) is 4.74 Å². The van der Waals surface area contributed by atoms with Crippen molar-refractivity contribution >= 4 is 22.5 Å². The first-order chi connectivity index (χ1) is 12.9. The van der Waals surface area contributed by atoms with E-state index in [1.54, 1.807) is 25.3 Å². The molecule has 0 atom stereocenters. The number of nitrogens with one attached hydrogen (secondary N) is 1. The van der Waals surface area contributed by atoms with Gasteiger partial charge in [0.15, 0.2) is 0 Å². The molecule has 2 aromatic carbocycles. The molecule has 4 nitrogen and oxygen atoms in total. The third-order valence-corrected chi connectivity index (χ3v) is 3.95. The van der Waals surface area contributed by atoms with Crippen LogP contribution in [-0.2, 0) is 17.4 Å². The van der Waals surface area contributed by atoms with Gasteiger partial charge in [0, 0.05) is 11.6 Å². The number of anilines is 1. The van der Waals surface area contributed by atoms with Crippen LogP contribution in [0.5, 0.6) is 5.75 Å². The molecule has 27 heavy (non-hydrogen) atoms. The van der Waals surface area contributed by atoms with Crippen LogP contribution in [0.2, 0.25) is 0 Å². The summed E-state index contributed by atoms with van der Waals surface area (Å²) in [5.41, 5.74) is 0.512. The molecule has 0 bridgehead atoms. The van der Waals surface area contributed by atoms with Gasteiger partial charge in [-0.1, -0.05) is 24.3 Å². The van der Waals surface area contributed by atoms with E-state index < -0.39 is 17.6 Å². The molecule has 0 spiro atoms. The Bertz CT molecular complexity index is 966. The van der Waals surface area contributed by atoms with Crippen molar-refractivity contribution in [2.24, 2.45) is 0 Å². The summed E-state index contributed by atoms with van der Waals surface area (Å²) in [7, 11) is 0. The smallest absolute Gasteiger partial charge is 0.416 e. The van der Waals surface area contributed by atoms with Gasteiger partial charge in [0.05, 0.1) is 29.8 Å². The Morgan fingerprint density at radius 3 is 2.67 bits per heavy atom. The highest BCUT2D eigenvalue weighted by atomic mass is 19.4. The molecule has 0 saturated heterocycles. The Morgan fingerprint density at radius 1 is 1.15 bits per heavy atom. The van der Waals surface area contributed by atoms with Gasteiger partial charge in [-0.05, 0) is 36.8 Å². The number of carbonyl (C=O) groups excluding carboxylic acids is 1. The summed E-state index contributed by atoms with van der Waals surface area (Å²) in [4.78, 5) is 16.7. The number of nitrogens with zero attached hydrogens (tertiary/aromatic N) is 1. The standard InChI is InChI=1S/C20H17F3N2O2/c1-2-27-17-9-8-15(20(21,22)23)12-16(17)25-18(26)11-14-6-3-5-13-7-4-10-24-19(13)14/h3-10,12H,2,11H2,1H3,(H,25,26). The zero-order valence-corrected chi connectivity index (χ0v) is 14.5. The third kappa shape index (κ3) is 4.36. The van der Waals surface area contributed by atoms with Gasteiger partial charge >= 0.3 is 6.18 Å². The van der Waals surface area contributed by atoms with Gasteiger partial charge < -0.3 is 10.1 Å². The molecule has 0 fully saturated rings. The molecule has 0 unspecified atom stereocenters. The molecule has 7 heteroatoms. The predicted octanol–water partition coefficient (Wildman–Crippen LogP) is 4.83. The van der Waals surface area contributed by atoms with Gasteiger partial charge in [-0.2, -0.15) is 13.2 Å². The Morgan fingerprint density at radius 2 is 1.93 bits per heavy atom. The van der Waals surface area contributed by atoms with Gasteiger partial charge in [-0.25, -0.2) is 0 Å². The van der Waals surface area contributed by atoms with Crippen LogP contribution in [0.4, 0.5) is 18.9 Å². The molecule has 1 N–H and O–H groups in total. The van der Waals surface area contributed by atoms with E-state index in [0.717, 1.165) is 17.5 Å². The maximum Gasteiger partial charge on any atom is 0.416 e. The number of fused-ring (bicyclic) bond motifs is 1. The number of halogens is 3. The molecule has 3 aromatic rings. The second-order valence-corrected chi connectivity index (χ2v) is 5.86. The van der Waals surface area contributed by atoms with Crippen LogP contribution < -0.4 is 10.1 Å². The van der Waals surface area contributed by atoms with Crippen molar-refractivity contribution < 1.29 is 22.7 Å². The highest BCUT2D eigenvalue weighted by molar-refractivity contribution is 5.96. The summed E-state index contributed by atoms with van der Waals surface area (Å²) in [6.07, 6.45) is -2.90. The van der Waals surface area contributed by atoms with Crippen molar-refractivity contribution in [2.45, 2.75) is 19.5 Å². The molecule has 1 heterocycles. The van der Waals surface area contributed by atoms with Crippen LogP contribution in [0.15, 0.2) is 54.7 Å². The molecule has 140 valence electrons. The van der Waals surface area contributed by atoms with Crippen LogP contribution in [0, 0.1) is 0 Å². The minimum absolute atomic E-state index is 0.00938. The van der Waals surface area contributed by atoms with E-state index >= 15 is 0 Å². The third-order valence-electron chi connectivity index (χ3n) is 3.95. The number of alkyl halides is 3. The fourth-order valence-corrected chi connectivity index (χ4v) is 2.76. The summed E-state index contributed by atoms with van der Waals surface area (Å²) in [5, 5.41) is 3.42. The van der Waals surface area contributed by atoms with E-state index in [1.165, 1.54) is 6.07 Å². The second kappa shape index (κ2) is 7.65. The predicted molar refractivity (Wildman–Crippen MR) is 96.7 cm³/mol. The minimum atomic E-state index is -4.51. The van der Waals surface area contributed by atoms with Crippen LogP contribution in [0.1, 0.15) is 18.1 Å². The maximum absolute atomic E-state index is 13.0. The van der Waals surface area contributed by atoms with Crippen molar-refractivity contribution in [3.63, 3.8) is 0 Å². The first-order valence-electron chi connectivity index (χ1n) is 8.35. The monoisotopic (exact) mass is 374 g/mol. The van der Waals surface area contributed by atoms with Crippen molar-refractivity contribution in [3.8, 4) is 5.75 Å². The Kier molecular flexibility index (Phi) is 5.30. The molecule has 0 aliphatic heterocycles. The summed E-state index contributed by atoms with van der Waals surface area (Å²) in [6, 6.07) is 12.1. The number of amides is 1. The summed E-state index contributed by atoms with van der Waals surface area (Å²) in [5.74, 6) is -0.261. The number of aromatic nitrogens is 1. The van der Waals surface area contributed by atoms with Crippen LogP contribution in [0.3, 0.4) is 0 Å². The van der Waals surface area contributed by atoms with Gasteiger partial charge in [0.2, 0.25) is 5.91 Å². The molecular weight excluding hydrogens is 357 g/mol. The largest absolute Gasteiger partial charge is 0.492 e. The number of carbonyl (C=O) groups is 1. The summed E-state index contributed by atoms with van der Waals surface area (Å²) < 4.78 is 44.3. The number of ether oxygens (including phenoxy) is 1. The number of benzene rings is 2. The van der Waals surface area contributed by atoms with E-state index in [1.807, 2.05) is 18.2 Å². The lowest BCUT2D eigenvalue weighted by Crippen LogP contribution is -2.16. The first-order valence-corrected chi connectivity index (χ1v) is 8.35. The van der Waals surface area contributed by atoms with Gasteiger partial charge in [0.25, 0.3) is 0 Å². The number of pyridine rings is 1. The molecule has 0 radical (unpaired) electrons. The quantitative estimate of drug-likeness (QED) is 0.696. The molecule has 0 aliphatic carbocycles. The van der Waals surface area contributed by atoms with Gasteiger partial charge in [-0.15, -0.1) is 0 Å². The molecule has 0 aliphatic rings. The fourth-order valence-electron chi connectivity index (χ4n) is 2.76. The topological polar surface area (TPSA) is 51.2 Å². The highest BCUT2D eigenvalue weighted by Crippen LogP contribution is 2.35. The van der Waals surface area contributed by atoms with E-state index in [-0.39, 0.29) is 24.5 Å². The molecule has 0 saturated carbocycles. The second-order valence-electron chi connectivity index (χ2n) is 5.86.